The van der Waals surface area contributed by atoms with E-state index in [1.165, 1.54) is 6.07 Å². The molecule has 0 aliphatic carbocycles. The number of aryl methyl sites for hydroxylation is 1. The van der Waals surface area contributed by atoms with E-state index in [0.717, 1.165) is 5.56 Å². The van der Waals surface area contributed by atoms with E-state index in [1.54, 1.807) is 54.6 Å². The number of amides is 3. The summed E-state index contributed by atoms with van der Waals surface area (Å²) in [6.45, 7) is 1.86. The first kappa shape index (κ1) is 20.1. The van der Waals surface area contributed by atoms with Crippen molar-refractivity contribution < 1.29 is 14.4 Å². The monoisotopic (exact) mass is 407 g/mol. The second-order valence-electron chi connectivity index (χ2n) is 6.26. The van der Waals surface area contributed by atoms with Crippen molar-refractivity contribution >= 4 is 35.0 Å². The van der Waals surface area contributed by atoms with Crippen molar-refractivity contribution in [2.24, 2.45) is 0 Å². The number of hydrogen-bond donors (Lipinski definition) is 3. The van der Waals surface area contributed by atoms with Crippen molar-refractivity contribution in [1.82, 2.24) is 10.9 Å². The van der Waals surface area contributed by atoms with Gasteiger partial charge in [-0.2, -0.15) is 0 Å². The van der Waals surface area contributed by atoms with Crippen LogP contribution in [0.2, 0.25) is 5.02 Å². The minimum Gasteiger partial charge on any atom is -0.322 e. The van der Waals surface area contributed by atoms with Crippen LogP contribution in [-0.4, -0.2) is 17.7 Å². The summed E-state index contributed by atoms with van der Waals surface area (Å²) in [7, 11) is 0. The number of carbonyl (C=O) groups excluding carboxylic acids is 3. The van der Waals surface area contributed by atoms with E-state index in [1.807, 2.05) is 19.1 Å². The highest BCUT2D eigenvalue weighted by Crippen LogP contribution is 2.14. The van der Waals surface area contributed by atoms with Gasteiger partial charge in [0.15, 0.2) is 0 Å². The molecule has 3 rings (SSSR count). The predicted molar refractivity (Wildman–Crippen MR) is 112 cm³/mol. The van der Waals surface area contributed by atoms with Gasteiger partial charge in [0, 0.05) is 27.4 Å². The summed E-state index contributed by atoms with van der Waals surface area (Å²) >= 11 is 5.85. The number of carbonyl (C=O) groups is 3. The molecule has 0 bridgehead atoms. The maximum atomic E-state index is 12.3. The van der Waals surface area contributed by atoms with Crippen LogP contribution in [0.15, 0.2) is 72.8 Å². The first-order valence-corrected chi connectivity index (χ1v) is 9.15. The molecule has 0 aromatic heterocycles. The summed E-state index contributed by atoms with van der Waals surface area (Å²) in [6, 6.07) is 20.0. The number of hydrogen-bond acceptors (Lipinski definition) is 3. The molecule has 3 N–H and O–H groups in total. The molecule has 0 radical (unpaired) electrons. The number of anilines is 1. The minimum absolute atomic E-state index is 0.228. The number of nitrogens with one attached hydrogen (secondary N) is 3. The lowest BCUT2D eigenvalue weighted by Crippen LogP contribution is -2.41. The molecule has 6 nitrogen and oxygen atoms in total. The predicted octanol–water partition coefficient (Wildman–Crippen LogP) is 3.98. The molecule has 0 aliphatic heterocycles. The summed E-state index contributed by atoms with van der Waals surface area (Å²) in [4.78, 5) is 36.6. The Morgan fingerprint density at radius 3 is 2.03 bits per heavy atom. The smallest absolute Gasteiger partial charge is 0.269 e. The van der Waals surface area contributed by atoms with E-state index in [0.29, 0.717) is 27.4 Å². The lowest BCUT2D eigenvalue weighted by Gasteiger charge is -2.10. The zero-order valence-corrected chi connectivity index (χ0v) is 16.3. The van der Waals surface area contributed by atoms with E-state index in [9.17, 15) is 14.4 Å². The Morgan fingerprint density at radius 2 is 1.38 bits per heavy atom. The summed E-state index contributed by atoms with van der Waals surface area (Å²) < 4.78 is 0. The van der Waals surface area contributed by atoms with E-state index < -0.39 is 11.8 Å². The Bertz CT molecular complexity index is 1060. The van der Waals surface area contributed by atoms with Crippen molar-refractivity contribution in [3.63, 3.8) is 0 Å². The third-order valence-electron chi connectivity index (χ3n) is 4.17. The van der Waals surface area contributed by atoms with Crippen LogP contribution in [0.1, 0.15) is 36.6 Å². The van der Waals surface area contributed by atoms with Crippen LogP contribution in [-0.2, 0) is 0 Å². The van der Waals surface area contributed by atoms with Gasteiger partial charge in [0.05, 0.1) is 0 Å². The minimum atomic E-state index is -0.489. The van der Waals surface area contributed by atoms with Gasteiger partial charge in [-0.3, -0.25) is 25.2 Å². The van der Waals surface area contributed by atoms with Crippen LogP contribution in [0.3, 0.4) is 0 Å². The zero-order valence-electron chi connectivity index (χ0n) is 15.5. The third kappa shape index (κ3) is 5.21. The van der Waals surface area contributed by atoms with Crippen LogP contribution in [0.5, 0.6) is 0 Å². The molecule has 0 aliphatic rings. The van der Waals surface area contributed by atoms with Crippen LogP contribution < -0.4 is 16.2 Å². The van der Waals surface area contributed by atoms with E-state index in [4.69, 9.17) is 11.6 Å². The van der Waals surface area contributed by atoms with Crippen LogP contribution in [0.4, 0.5) is 5.69 Å². The van der Waals surface area contributed by atoms with Gasteiger partial charge in [-0.05, 0) is 61.0 Å². The van der Waals surface area contributed by atoms with E-state index in [-0.39, 0.29) is 5.91 Å². The Kier molecular flexibility index (Phi) is 6.26. The van der Waals surface area contributed by atoms with Gasteiger partial charge in [0.2, 0.25) is 0 Å². The molecule has 0 spiro atoms. The average molecular weight is 408 g/mol. The molecular formula is C22H18ClN3O3. The highest BCUT2D eigenvalue weighted by molar-refractivity contribution is 6.31. The van der Waals surface area contributed by atoms with Gasteiger partial charge >= 0.3 is 0 Å². The Balaban J connectivity index is 1.58. The molecule has 0 saturated heterocycles. The Hall–Kier alpha value is -3.64. The number of benzene rings is 3. The van der Waals surface area contributed by atoms with Gasteiger partial charge in [-0.1, -0.05) is 35.9 Å². The van der Waals surface area contributed by atoms with E-state index in [2.05, 4.69) is 16.2 Å². The number of rotatable bonds is 4. The fourth-order valence-electron chi connectivity index (χ4n) is 2.62. The molecule has 146 valence electrons. The van der Waals surface area contributed by atoms with Gasteiger partial charge < -0.3 is 5.32 Å². The van der Waals surface area contributed by atoms with Gasteiger partial charge in [0.25, 0.3) is 17.7 Å². The first-order valence-electron chi connectivity index (χ1n) is 8.77. The average Bonchev–Trinajstić information content (AvgIpc) is 2.72. The van der Waals surface area contributed by atoms with Gasteiger partial charge in [-0.25, -0.2) is 0 Å². The number of hydrazine groups is 1. The molecule has 3 aromatic carbocycles. The molecule has 0 heterocycles. The zero-order chi connectivity index (χ0) is 20.8. The van der Waals surface area contributed by atoms with Crippen LogP contribution >= 0.6 is 11.6 Å². The second-order valence-corrected chi connectivity index (χ2v) is 6.70. The number of halogens is 1. The summed E-state index contributed by atoms with van der Waals surface area (Å²) in [5, 5.41) is 3.21. The largest absolute Gasteiger partial charge is 0.322 e. The van der Waals surface area contributed by atoms with Crippen molar-refractivity contribution in [3.05, 3.63) is 100 Å². The SMILES string of the molecule is Cc1ccccc1C(=O)Nc1ccc(C(=O)NNC(=O)c2cccc(Cl)c2)cc1. The fourth-order valence-corrected chi connectivity index (χ4v) is 2.81. The Morgan fingerprint density at radius 1 is 0.724 bits per heavy atom. The van der Waals surface area contributed by atoms with Crippen molar-refractivity contribution in [2.75, 3.05) is 5.32 Å². The second kappa shape index (κ2) is 9.03. The molecule has 3 aromatic rings. The maximum absolute atomic E-state index is 12.3. The first-order chi connectivity index (χ1) is 13.9. The highest BCUT2D eigenvalue weighted by Gasteiger charge is 2.11. The lowest BCUT2D eigenvalue weighted by atomic mass is 10.1. The third-order valence-corrected chi connectivity index (χ3v) is 4.41. The van der Waals surface area contributed by atoms with Crippen LogP contribution in [0, 0.1) is 6.92 Å². The fraction of sp³-hybridized carbons (Fsp3) is 0.0455. The molecule has 0 saturated carbocycles. The molecule has 0 unspecified atom stereocenters. The van der Waals surface area contributed by atoms with Gasteiger partial charge in [0.1, 0.15) is 0 Å². The molecule has 0 atom stereocenters. The Labute approximate surface area is 172 Å². The van der Waals surface area contributed by atoms with Crippen molar-refractivity contribution in [3.8, 4) is 0 Å². The molecular weight excluding hydrogens is 390 g/mol. The molecule has 3 amide bonds. The molecule has 0 fully saturated rings. The van der Waals surface area contributed by atoms with Crippen LogP contribution in [0.25, 0.3) is 0 Å². The van der Waals surface area contributed by atoms with Crippen molar-refractivity contribution in [2.45, 2.75) is 6.92 Å². The normalized spacial score (nSPS) is 10.1. The standard InChI is InChI=1S/C22H18ClN3O3/c1-14-5-2-3-8-19(14)22(29)24-18-11-9-15(10-12-18)20(27)25-26-21(28)16-6-4-7-17(23)13-16/h2-13H,1H3,(H,24,29)(H,25,27)(H,26,28). The molecule has 7 heteroatoms. The van der Waals surface area contributed by atoms with Gasteiger partial charge in [-0.15, -0.1) is 0 Å². The highest BCUT2D eigenvalue weighted by atomic mass is 35.5. The quantitative estimate of drug-likeness (QED) is 0.572. The topological polar surface area (TPSA) is 87.3 Å². The maximum Gasteiger partial charge on any atom is 0.269 e. The van der Waals surface area contributed by atoms with Crippen molar-refractivity contribution in [1.29, 1.82) is 0 Å². The molecule has 29 heavy (non-hydrogen) atoms. The van der Waals surface area contributed by atoms with E-state index >= 15 is 0 Å². The summed E-state index contributed by atoms with van der Waals surface area (Å²) in [6.07, 6.45) is 0. The summed E-state index contributed by atoms with van der Waals surface area (Å²) in [5.41, 5.74) is 7.33. The lowest BCUT2D eigenvalue weighted by molar-refractivity contribution is 0.0846. The summed E-state index contributed by atoms with van der Waals surface area (Å²) in [5.74, 6) is -1.20.